The lowest BCUT2D eigenvalue weighted by Gasteiger charge is -2.39. The fourth-order valence-corrected chi connectivity index (χ4v) is 3.63. The second-order valence-electron chi connectivity index (χ2n) is 7.03. The standard InChI is InChI=1S/C19H18ClF3N6O/c20-12-2-4-16(25-8-12)29-6-5-14-13(9-29)17(27-10-26-14)28-18(30)11-1-3-15(24-7-11)19(21,22)23/h1-4,7-8,10,13-14,18,30H,5-6,9H2,(H,26,27,28)/t13?,14?,18-/m1/s1. The first-order valence-corrected chi connectivity index (χ1v) is 9.62. The zero-order valence-electron chi connectivity index (χ0n) is 15.6. The molecule has 0 spiro atoms. The summed E-state index contributed by atoms with van der Waals surface area (Å²) in [5, 5.41) is 14.0. The Labute approximate surface area is 175 Å². The molecule has 0 amide bonds. The number of hydrogen-bond acceptors (Lipinski definition) is 6. The number of anilines is 1. The van der Waals surface area contributed by atoms with Gasteiger partial charge in [0, 0.05) is 31.0 Å². The van der Waals surface area contributed by atoms with Crippen LogP contribution < -0.4 is 10.2 Å². The third-order valence-electron chi connectivity index (χ3n) is 5.08. The molecule has 0 bridgehead atoms. The van der Waals surface area contributed by atoms with Crippen LogP contribution in [0.2, 0.25) is 5.02 Å². The van der Waals surface area contributed by atoms with Crippen molar-refractivity contribution in [2.24, 2.45) is 15.9 Å². The second-order valence-corrected chi connectivity index (χ2v) is 7.46. The van der Waals surface area contributed by atoms with E-state index < -0.39 is 18.1 Å². The van der Waals surface area contributed by atoms with Crippen molar-refractivity contribution in [2.45, 2.75) is 24.9 Å². The van der Waals surface area contributed by atoms with Gasteiger partial charge in [-0.05, 0) is 24.6 Å². The maximum atomic E-state index is 12.7. The summed E-state index contributed by atoms with van der Waals surface area (Å²) < 4.78 is 38.1. The second kappa shape index (κ2) is 8.19. The van der Waals surface area contributed by atoms with Crippen molar-refractivity contribution in [3.05, 3.63) is 52.9 Å². The Hall–Kier alpha value is -2.72. The maximum absolute atomic E-state index is 12.7. The predicted octanol–water partition coefficient (Wildman–Crippen LogP) is 3.06. The highest BCUT2D eigenvalue weighted by Crippen LogP contribution is 2.30. The molecule has 30 heavy (non-hydrogen) atoms. The number of hydrogen-bond donors (Lipinski definition) is 2. The molecule has 0 radical (unpaired) electrons. The zero-order valence-corrected chi connectivity index (χ0v) is 16.3. The molecule has 3 atom stereocenters. The van der Waals surface area contributed by atoms with Crippen molar-refractivity contribution in [1.29, 1.82) is 0 Å². The number of fused-ring (bicyclic) bond motifs is 1. The molecule has 0 saturated carbocycles. The van der Waals surface area contributed by atoms with Crippen LogP contribution in [0, 0.1) is 5.92 Å². The van der Waals surface area contributed by atoms with Gasteiger partial charge >= 0.3 is 6.18 Å². The van der Waals surface area contributed by atoms with Gasteiger partial charge in [-0.25, -0.2) is 9.98 Å². The molecule has 1 saturated heterocycles. The lowest BCUT2D eigenvalue weighted by molar-refractivity contribution is -0.141. The largest absolute Gasteiger partial charge is 0.433 e. The molecule has 158 valence electrons. The molecule has 2 unspecified atom stereocenters. The molecule has 4 heterocycles. The number of nitrogens with one attached hydrogen (secondary N) is 1. The van der Waals surface area contributed by atoms with Gasteiger partial charge in [0.05, 0.1) is 23.3 Å². The minimum atomic E-state index is -4.54. The van der Waals surface area contributed by atoms with Crippen molar-refractivity contribution in [2.75, 3.05) is 18.0 Å². The summed E-state index contributed by atoms with van der Waals surface area (Å²) in [4.78, 5) is 18.6. The summed E-state index contributed by atoms with van der Waals surface area (Å²) in [6, 6.07) is 5.59. The molecule has 2 N–H and O–H groups in total. The highest BCUT2D eigenvalue weighted by Gasteiger charge is 2.36. The molecular formula is C19H18ClF3N6O. The summed E-state index contributed by atoms with van der Waals surface area (Å²) in [7, 11) is 0. The summed E-state index contributed by atoms with van der Waals surface area (Å²) in [5.41, 5.74) is -0.851. The van der Waals surface area contributed by atoms with Crippen molar-refractivity contribution in [1.82, 2.24) is 15.3 Å². The van der Waals surface area contributed by atoms with E-state index in [4.69, 9.17) is 11.6 Å². The molecule has 7 nitrogen and oxygen atoms in total. The van der Waals surface area contributed by atoms with Crippen LogP contribution in [0.5, 0.6) is 0 Å². The Morgan fingerprint density at radius 3 is 2.70 bits per heavy atom. The van der Waals surface area contributed by atoms with E-state index in [9.17, 15) is 18.3 Å². The number of amidine groups is 1. The molecule has 0 aliphatic carbocycles. The number of nitrogens with zero attached hydrogens (tertiary/aromatic N) is 5. The fourth-order valence-electron chi connectivity index (χ4n) is 3.52. The molecule has 2 aliphatic heterocycles. The van der Waals surface area contributed by atoms with E-state index in [1.54, 1.807) is 12.3 Å². The Balaban J connectivity index is 1.53. The molecule has 1 fully saturated rings. The number of aliphatic imine (C=N–C) groups is 2. The molecule has 2 aromatic heterocycles. The Kier molecular flexibility index (Phi) is 5.61. The van der Waals surface area contributed by atoms with Gasteiger partial charge in [0.1, 0.15) is 17.3 Å². The normalized spacial score (nSPS) is 23.8. The maximum Gasteiger partial charge on any atom is 0.433 e. The lowest BCUT2D eigenvalue weighted by Crippen LogP contribution is -2.52. The number of alkyl halides is 3. The third-order valence-corrected chi connectivity index (χ3v) is 5.30. The molecule has 2 aromatic rings. The topological polar surface area (TPSA) is 86.0 Å². The molecule has 11 heteroatoms. The quantitative estimate of drug-likeness (QED) is 0.769. The van der Waals surface area contributed by atoms with Crippen molar-refractivity contribution in [3.63, 3.8) is 0 Å². The summed E-state index contributed by atoms with van der Waals surface area (Å²) in [6.07, 6.45) is -1.02. The van der Waals surface area contributed by atoms with Crippen LogP contribution in [-0.4, -0.2) is 46.4 Å². The van der Waals surface area contributed by atoms with Gasteiger partial charge < -0.3 is 15.3 Å². The van der Waals surface area contributed by atoms with Crippen LogP contribution in [0.1, 0.15) is 23.9 Å². The average Bonchev–Trinajstić information content (AvgIpc) is 2.74. The average molecular weight is 439 g/mol. The van der Waals surface area contributed by atoms with Gasteiger partial charge in [0.15, 0.2) is 6.23 Å². The Morgan fingerprint density at radius 2 is 2.03 bits per heavy atom. The fraction of sp³-hybridized carbons (Fsp3) is 0.368. The highest BCUT2D eigenvalue weighted by molar-refractivity contribution is 6.30. The van der Waals surface area contributed by atoms with E-state index in [1.165, 1.54) is 12.4 Å². The predicted molar refractivity (Wildman–Crippen MR) is 107 cm³/mol. The number of rotatable bonds is 3. The van der Waals surface area contributed by atoms with E-state index in [1.807, 2.05) is 6.07 Å². The first-order chi connectivity index (χ1) is 14.3. The minimum absolute atomic E-state index is 0.00789. The van der Waals surface area contributed by atoms with Crippen molar-refractivity contribution in [3.8, 4) is 0 Å². The van der Waals surface area contributed by atoms with E-state index in [2.05, 4.69) is 30.2 Å². The van der Waals surface area contributed by atoms with Crippen LogP contribution in [0.15, 0.2) is 46.6 Å². The smallest absolute Gasteiger partial charge is 0.368 e. The molecule has 2 aliphatic rings. The van der Waals surface area contributed by atoms with Crippen molar-refractivity contribution >= 4 is 29.6 Å². The van der Waals surface area contributed by atoms with Gasteiger partial charge in [-0.1, -0.05) is 17.7 Å². The van der Waals surface area contributed by atoms with E-state index >= 15 is 0 Å². The summed E-state index contributed by atoms with van der Waals surface area (Å²) >= 11 is 5.91. The summed E-state index contributed by atoms with van der Waals surface area (Å²) in [5.74, 6) is 1.17. The van der Waals surface area contributed by atoms with Crippen LogP contribution in [0.25, 0.3) is 0 Å². The molecular weight excluding hydrogens is 421 g/mol. The van der Waals surface area contributed by atoms with Crippen molar-refractivity contribution < 1.29 is 18.3 Å². The van der Waals surface area contributed by atoms with Gasteiger partial charge in [0.2, 0.25) is 0 Å². The number of aliphatic hydroxyl groups is 1. The molecule has 0 aromatic carbocycles. The van der Waals surface area contributed by atoms with Crippen LogP contribution >= 0.6 is 11.6 Å². The lowest BCUT2D eigenvalue weighted by atomic mass is 9.90. The van der Waals surface area contributed by atoms with Gasteiger partial charge in [-0.3, -0.25) is 9.98 Å². The van der Waals surface area contributed by atoms with Crippen LogP contribution in [0.3, 0.4) is 0 Å². The van der Waals surface area contributed by atoms with E-state index in [0.717, 1.165) is 31.0 Å². The zero-order chi connectivity index (χ0) is 21.3. The molecule has 4 rings (SSSR count). The first-order valence-electron chi connectivity index (χ1n) is 9.25. The first kappa shape index (κ1) is 20.5. The summed E-state index contributed by atoms with van der Waals surface area (Å²) in [6.45, 7) is 1.33. The Morgan fingerprint density at radius 1 is 1.20 bits per heavy atom. The highest BCUT2D eigenvalue weighted by atomic mass is 35.5. The number of aromatic nitrogens is 2. The van der Waals surface area contributed by atoms with Crippen LogP contribution in [0.4, 0.5) is 19.0 Å². The van der Waals surface area contributed by atoms with Gasteiger partial charge in [-0.2, -0.15) is 13.2 Å². The Bertz CT molecular complexity index is 948. The number of piperidine rings is 1. The van der Waals surface area contributed by atoms with Crippen LogP contribution in [-0.2, 0) is 6.18 Å². The third kappa shape index (κ3) is 4.39. The SMILES string of the molecule is O[C@@H](N=C1NC=NC2CCN(c3ccc(Cl)cn3)CC12)c1ccc(C(F)(F)F)nc1. The minimum Gasteiger partial charge on any atom is -0.368 e. The number of pyridine rings is 2. The van der Waals surface area contributed by atoms with E-state index in [-0.39, 0.29) is 17.5 Å². The van der Waals surface area contributed by atoms with Gasteiger partial charge in [-0.15, -0.1) is 0 Å². The number of aliphatic hydroxyl groups excluding tert-OH is 1. The number of halogens is 4. The van der Waals surface area contributed by atoms with E-state index in [0.29, 0.717) is 17.4 Å². The van der Waals surface area contributed by atoms with Gasteiger partial charge in [0.25, 0.3) is 0 Å². The monoisotopic (exact) mass is 438 g/mol.